The van der Waals surface area contributed by atoms with Gasteiger partial charge in [0, 0.05) is 24.7 Å². The number of aliphatic hydroxyl groups is 1. The zero-order valence-electron chi connectivity index (χ0n) is 24.5. The molecule has 1 saturated heterocycles. The van der Waals surface area contributed by atoms with Crippen molar-refractivity contribution in [3.05, 3.63) is 11.1 Å². The van der Waals surface area contributed by atoms with Crippen molar-refractivity contribution in [1.82, 2.24) is 0 Å². The Morgan fingerprint density at radius 2 is 1.70 bits per heavy atom. The number of aliphatic hydroxyl groups excluding tert-OH is 1. The van der Waals surface area contributed by atoms with E-state index in [-0.39, 0.29) is 46.3 Å². The van der Waals surface area contributed by atoms with Gasteiger partial charge in [0.2, 0.25) is 0 Å². The molecule has 2 saturated carbocycles. The van der Waals surface area contributed by atoms with Crippen LogP contribution in [-0.2, 0) is 19.1 Å². The van der Waals surface area contributed by atoms with Crippen molar-refractivity contribution < 1.29 is 24.2 Å². The highest BCUT2D eigenvalue weighted by molar-refractivity contribution is 5.83. The summed E-state index contributed by atoms with van der Waals surface area (Å²) in [4.78, 5) is 26.0. The first-order chi connectivity index (χ1) is 17.1. The maximum atomic E-state index is 14.1. The topological polar surface area (TPSA) is 72.8 Å². The zero-order valence-corrected chi connectivity index (χ0v) is 24.5. The average molecular weight is 515 g/mol. The smallest absolute Gasteiger partial charge is 0.313 e. The number of allylic oxidation sites excluding steroid dienone is 2. The summed E-state index contributed by atoms with van der Waals surface area (Å²) in [5.74, 6) is 0.738. The monoisotopic (exact) mass is 514 g/mol. The summed E-state index contributed by atoms with van der Waals surface area (Å²) < 4.78 is 12.2. The molecule has 4 aliphatic carbocycles. The van der Waals surface area contributed by atoms with Gasteiger partial charge in [-0.05, 0) is 87.4 Å². The van der Waals surface area contributed by atoms with Crippen LogP contribution >= 0.6 is 0 Å². The SMILES string of the molecule is CC(=O)OC(CC(C)C)C[C@]1(C)OC(=O)C23CCC4=C(CC[C@H]5C(C)(C)[C@@H](O)CC[C@]45C)[C@]2(C)CC[C@@H]31. The standard InChI is InChI=1S/C32H50O5/c1-19(2)17-21(36-20(3)33)18-31(8)25-12-15-30(7)23-9-10-24-28(4,5)26(34)13-14-29(24,6)22(23)11-16-32(25,30)27(35)37-31/h19,21,24-26,34H,9-18H2,1-8H3/t21?,24-,25+,26-,29+,30-,31-,32?/m0/s1. The second kappa shape index (κ2) is 8.57. The lowest BCUT2D eigenvalue weighted by Gasteiger charge is -2.61. The molecule has 3 fully saturated rings. The number of carbonyl (C=O) groups is 2. The molecule has 1 aliphatic heterocycles. The van der Waals surface area contributed by atoms with Gasteiger partial charge in [0.15, 0.2) is 0 Å². The van der Waals surface area contributed by atoms with Crippen LogP contribution in [0.15, 0.2) is 11.1 Å². The Kier molecular flexibility index (Phi) is 6.30. The Morgan fingerprint density at radius 3 is 2.35 bits per heavy atom. The van der Waals surface area contributed by atoms with Crippen molar-refractivity contribution in [2.24, 2.45) is 39.4 Å². The fourth-order valence-corrected chi connectivity index (χ4v) is 10.6. The molecule has 0 aromatic heterocycles. The third-order valence-corrected chi connectivity index (χ3v) is 12.3. The van der Waals surface area contributed by atoms with E-state index >= 15 is 0 Å². The molecule has 5 nitrogen and oxygen atoms in total. The van der Waals surface area contributed by atoms with Gasteiger partial charge < -0.3 is 14.6 Å². The highest BCUT2D eigenvalue weighted by atomic mass is 16.6. The molecule has 0 amide bonds. The Labute approximate surface area is 224 Å². The second-order valence-electron chi connectivity index (χ2n) is 15.0. The average Bonchev–Trinajstić information content (AvgIpc) is 3.20. The van der Waals surface area contributed by atoms with Crippen molar-refractivity contribution >= 4 is 11.9 Å². The van der Waals surface area contributed by atoms with Crippen molar-refractivity contribution in [3.8, 4) is 0 Å². The molecular formula is C32H50O5. The van der Waals surface area contributed by atoms with E-state index < -0.39 is 11.0 Å². The molecule has 37 heavy (non-hydrogen) atoms. The molecule has 208 valence electrons. The summed E-state index contributed by atoms with van der Waals surface area (Å²) in [6, 6.07) is 0. The van der Waals surface area contributed by atoms with Gasteiger partial charge >= 0.3 is 11.9 Å². The molecule has 1 heterocycles. The van der Waals surface area contributed by atoms with Gasteiger partial charge in [-0.3, -0.25) is 9.59 Å². The third kappa shape index (κ3) is 3.64. The summed E-state index contributed by atoms with van der Waals surface area (Å²) in [6.07, 6.45) is 8.72. The number of hydrogen-bond acceptors (Lipinski definition) is 5. The van der Waals surface area contributed by atoms with Crippen molar-refractivity contribution in [1.29, 1.82) is 0 Å². The summed E-state index contributed by atoms with van der Waals surface area (Å²) in [5, 5.41) is 10.9. The quantitative estimate of drug-likeness (QED) is 0.324. The van der Waals surface area contributed by atoms with Crippen molar-refractivity contribution in [2.45, 2.75) is 137 Å². The number of cyclic esters (lactones) is 1. The molecule has 5 aliphatic rings. The van der Waals surface area contributed by atoms with Crippen molar-refractivity contribution in [2.75, 3.05) is 0 Å². The Hall–Kier alpha value is -1.36. The molecule has 5 heteroatoms. The lowest BCUT2D eigenvalue weighted by Crippen LogP contribution is -2.56. The molecule has 2 unspecified atom stereocenters. The molecule has 5 rings (SSSR count). The maximum Gasteiger partial charge on any atom is 0.313 e. The van der Waals surface area contributed by atoms with E-state index in [1.165, 1.54) is 6.92 Å². The van der Waals surface area contributed by atoms with Crippen LogP contribution in [0.25, 0.3) is 0 Å². The van der Waals surface area contributed by atoms with E-state index in [0.717, 1.165) is 57.8 Å². The maximum absolute atomic E-state index is 14.1. The predicted octanol–water partition coefficient (Wildman–Crippen LogP) is 6.76. The molecule has 8 atom stereocenters. The molecule has 1 spiro atoms. The van der Waals surface area contributed by atoms with Gasteiger partial charge in [0.25, 0.3) is 0 Å². The van der Waals surface area contributed by atoms with E-state index in [2.05, 4.69) is 48.5 Å². The molecule has 0 radical (unpaired) electrons. The third-order valence-electron chi connectivity index (χ3n) is 12.3. The van der Waals surface area contributed by atoms with Crippen LogP contribution in [0, 0.1) is 39.4 Å². The highest BCUT2D eigenvalue weighted by Gasteiger charge is 2.75. The molecule has 1 N–H and O–H groups in total. The molecule has 0 bridgehead atoms. The van der Waals surface area contributed by atoms with Gasteiger partial charge in [-0.25, -0.2) is 0 Å². The van der Waals surface area contributed by atoms with E-state index in [9.17, 15) is 14.7 Å². The van der Waals surface area contributed by atoms with E-state index in [4.69, 9.17) is 9.47 Å². The molecule has 0 aromatic rings. The van der Waals surface area contributed by atoms with E-state index in [1.807, 2.05) is 0 Å². The van der Waals surface area contributed by atoms with E-state index in [0.29, 0.717) is 18.3 Å². The van der Waals surface area contributed by atoms with E-state index in [1.54, 1.807) is 11.1 Å². The Bertz CT molecular complexity index is 1010. The number of rotatable bonds is 5. The van der Waals surface area contributed by atoms with Crippen LogP contribution in [0.3, 0.4) is 0 Å². The minimum absolute atomic E-state index is 0.00987. The number of carbonyl (C=O) groups excluding carboxylic acids is 2. The first-order valence-corrected chi connectivity index (χ1v) is 14.9. The number of esters is 2. The normalized spacial score (nSPS) is 45.0. The van der Waals surface area contributed by atoms with Crippen LogP contribution < -0.4 is 0 Å². The van der Waals surface area contributed by atoms with Crippen LogP contribution in [0.1, 0.15) is 120 Å². The van der Waals surface area contributed by atoms with Gasteiger partial charge in [-0.2, -0.15) is 0 Å². The largest absolute Gasteiger partial charge is 0.462 e. The van der Waals surface area contributed by atoms with Crippen LogP contribution in [0.5, 0.6) is 0 Å². The van der Waals surface area contributed by atoms with Gasteiger partial charge in [0.05, 0.1) is 11.5 Å². The molecular weight excluding hydrogens is 464 g/mol. The lowest BCUT2D eigenvalue weighted by atomic mass is 9.43. The van der Waals surface area contributed by atoms with Gasteiger partial charge in [0.1, 0.15) is 11.7 Å². The minimum atomic E-state index is -0.611. The number of ether oxygens (including phenoxy) is 2. The van der Waals surface area contributed by atoms with Crippen LogP contribution in [-0.4, -0.2) is 34.9 Å². The summed E-state index contributed by atoms with van der Waals surface area (Å²) in [7, 11) is 0. The van der Waals surface area contributed by atoms with Crippen LogP contribution in [0.2, 0.25) is 0 Å². The number of hydrogen-bond donors (Lipinski definition) is 1. The zero-order chi connectivity index (χ0) is 27.2. The highest BCUT2D eigenvalue weighted by Crippen LogP contribution is 2.75. The van der Waals surface area contributed by atoms with Crippen LogP contribution in [0.4, 0.5) is 0 Å². The Balaban J connectivity index is 1.51. The number of fused-ring (bicyclic) bond motifs is 3. The summed E-state index contributed by atoms with van der Waals surface area (Å²) in [5.41, 5.74) is 1.90. The molecule has 0 aromatic carbocycles. The van der Waals surface area contributed by atoms with Gasteiger partial charge in [-0.1, -0.05) is 52.7 Å². The summed E-state index contributed by atoms with van der Waals surface area (Å²) >= 11 is 0. The summed E-state index contributed by atoms with van der Waals surface area (Å²) in [6.45, 7) is 17.2. The minimum Gasteiger partial charge on any atom is -0.462 e. The second-order valence-corrected chi connectivity index (χ2v) is 15.0. The predicted molar refractivity (Wildman–Crippen MR) is 143 cm³/mol. The first-order valence-electron chi connectivity index (χ1n) is 14.9. The van der Waals surface area contributed by atoms with Gasteiger partial charge in [-0.15, -0.1) is 0 Å². The fourth-order valence-electron chi connectivity index (χ4n) is 10.6. The first kappa shape index (κ1) is 27.2. The van der Waals surface area contributed by atoms with Crippen molar-refractivity contribution in [3.63, 3.8) is 0 Å². The fraction of sp³-hybridized carbons (Fsp3) is 0.875. The Morgan fingerprint density at radius 1 is 1.00 bits per heavy atom. The lowest BCUT2D eigenvalue weighted by molar-refractivity contribution is -0.162.